The van der Waals surface area contributed by atoms with Crippen molar-refractivity contribution < 1.29 is 9.53 Å². The molecule has 1 aromatic rings. The molecule has 0 saturated carbocycles. The van der Waals surface area contributed by atoms with Crippen molar-refractivity contribution in [3.63, 3.8) is 0 Å². The summed E-state index contributed by atoms with van der Waals surface area (Å²) in [5, 5.41) is 0. The molecule has 22 heavy (non-hydrogen) atoms. The Bertz CT molecular complexity index is 533. The smallest absolute Gasteiger partial charge is 0.254 e. The van der Waals surface area contributed by atoms with Crippen LogP contribution in [-0.4, -0.2) is 54.5 Å². The molecule has 1 atom stereocenters. The molecule has 4 heteroatoms. The Morgan fingerprint density at radius 2 is 1.95 bits per heavy atom. The molecule has 0 spiro atoms. The van der Waals surface area contributed by atoms with Crippen molar-refractivity contribution in [3.8, 4) is 5.75 Å². The summed E-state index contributed by atoms with van der Waals surface area (Å²) < 4.78 is 5.43. The summed E-state index contributed by atoms with van der Waals surface area (Å²) >= 11 is 0. The summed E-state index contributed by atoms with van der Waals surface area (Å²) in [7, 11) is 0. The van der Waals surface area contributed by atoms with Gasteiger partial charge in [0.05, 0.1) is 12.6 Å². The van der Waals surface area contributed by atoms with Crippen LogP contribution in [0.4, 0.5) is 0 Å². The predicted molar refractivity (Wildman–Crippen MR) is 87.2 cm³/mol. The first kappa shape index (κ1) is 15.1. The van der Waals surface area contributed by atoms with E-state index in [1.165, 1.54) is 12.8 Å². The van der Waals surface area contributed by atoms with Crippen LogP contribution in [0.2, 0.25) is 0 Å². The third-order valence-corrected chi connectivity index (χ3v) is 4.38. The van der Waals surface area contributed by atoms with Crippen molar-refractivity contribution in [2.45, 2.75) is 25.8 Å². The Balaban J connectivity index is 1.65. The first-order chi connectivity index (χ1) is 10.8. The molecular weight excluding hydrogens is 276 g/mol. The van der Waals surface area contributed by atoms with Gasteiger partial charge in [-0.2, -0.15) is 0 Å². The standard InChI is InChI=1S/C18H24N2O2/c1-2-22-17-9-7-15(8-10-17)18(21)20-13-5-6-16(20)14-19-11-3-4-12-19/h5-10,16H,2-4,11-14H2,1H3/t16-/m0/s1. The Hall–Kier alpha value is -1.81. The van der Waals surface area contributed by atoms with Crippen LogP contribution in [0.25, 0.3) is 0 Å². The summed E-state index contributed by atoms with van der Waals surface area (Å²) in [4.78, 5) is 17.2. The first-order valence-corrected chi connectivity index (χ1v) is 8.21. The molecule has 0 unspecified atom stereocenters. The van der Waals surface area contributed by atoms with Crippen molar-refractivity contribution in [2.75, 3.05) is 32.8 Å². The maximum Gasteiger partial charge on any atom is 0.254 e. The molecule has 2 aliphatic heterocycles. The fourth-order valence-electron chi connectivity index (χ4n) is 3.22. The summed E-state index contributed by atoms with van der Waals surface area (Å²) in [6.45, 7) is 6.59. The molecule has 0 aromatic heterocycles. The average molecular weight is 300 g/mol. The van der Waals surface area contributed by atoms with Gasteiger partial charge in [-0.1, -0.05) is 12.2 Å². The molecule has 0 N–H and O–H groups in total. The van der Waals surface area contributed by atoms with E-state index in [4.69, 9.17) is 4.74 Å². The maximum atomic E-state index is 12.7. The van der Waals surface area contributed by atoms with Gasteiger partial charge in [-0.15, -0.1) is 0 Å². The number of carbonyl (C=O) groups excluding carboxylic acids is 1. The van der Waals surface area contributed by atoms with E-state index in [-0.39, 0.29) is 11.9 Å². The van der Waals surface area contributed by atoms with E-state index in [1.54, 1.807) is 0 Å². The molecule has 0 bridgehead atoms. The second-order valence-electron chi connectivity index (χ2n) is 5.92. The molecule has 1 amide bonds. The number of carbonyl (C=O) groups is 1. The van der Waals surface area contributed by atoms with Crippen LogP contribution < -0.4 is 4.74 Å². The van der Waals surface area contributed by atoms with Gasteiger partial charge in [0.15, 0.2) is 0 Å². The molecule has 1 fully saturated rings. The third-order valence-electron chi connectivity index (χ3n) is 4.38. The minimum absolute atomic E-state index is 0.109. The van der Waals surface area contributed by atoms with Crippen molar-refractivity contribution in [3.05, 3.63) is 42.0 Å². The number of benzene rings is 1. The zero-order chi connectivity index (χ0) is 15.4. The highest BCUT2D eigenvalue weighted by Crippen LogP contribution is 2.19. The number of hydrogen-bond donors (Lipinski definition) is 0. The van der Waals surface area contributed by atoms with Gasteiger partial charge in [-0.25, -0.2) is 0 Å². The van der Waals surface area contributed by atoms with E-state index in [9.17, 15) is 4.79 Å². The van der Waals surface area contributed by atoms with Gasteiger partial charge in [-0.05, 0) is 57.1 Å². The van der Waals surface area contributed by atoms with Crippen molar-refractivity contribution in [1.29, 1.82) is 0 Å². The molecule has 0 radical (unpaired) electrons. The van der Waals surface area contributed by atoms with E-state index in [0.29, 0.717) is 13.2 Å². The lowest BCUT2D eigenvalue weighted by atomic mass is 10.1. The van der Waals surface area contributed by atoms with E-state index >= 15 is 0 Å². The molecular formula is C18H24N2O2. The minimum atomic E-state index is 0.109. The lowest BCUT2D eigenvalue weighted by Crippen LogP contribution is -2.42. The Labute approximate surface area is 132 Å². The quantitative estimate of drug-likeness (QED) is 0.784. The highest BCUT2D eigenvalue weighted by atomic mass is 16.5. The Morgan fingerprint density at radius 1 is 1.23 bits per heavy atom. The zero-order valence-corrected chi connectivity index (χ0v) is 13.2. The summed E-state index contributed by atoms with van der Waals surface area (Å²) in [5.74, 6) is 0.921. The van der Waals surface area contributed by atoms with Crippen LogP contribution >= 0.6 is 0 Å². The third kappa shape index (κ3) is 3.33. The first-order valence-electron chi connectivity index (χ1n) is 8.21. The highest BCUT2D eigenvalue weighted by molar-refractivity contribution is 5.95. The number of ether oxygens (including phenoxy) is 1. The topological polar surface area (TPSA) is 32.8 Å². The number of hydrogen-bond acceptors (Lipinski definition) is 3. The maximum absolute atomic E-state index is 12.7. The second-order valence-corrected chi connectivity index (χ2v) is 5.92. The number of likely N-dealkylation sites (tertiary alicyclic amines) is 1. The summed E-state index contributed by atoms with van der Waals surface area (Å²) in [5.41, 5.74) is 0.735. The van der Waals surface area contributed by atoms with Gasteiger partial charge in [0, 0.05) is 18.7 Å². The fourth-order valence-corrected chi connectivity index (χ4v) is 3.22. The van der Waals surface area contributed by atoms with Crippen LogP contribution in [0.5, 0.6) is 5.75 Å². The van der Waals surface area contributed by atoms with E-state index < -0.39 is 0 Å². The van der Waals surface area contributed by atoms with Crippen LogP contribution in [0.1, 0.15) is 30.1 Å². The average Bonchev–Trinajstić information content (AvgIpc) is 3.20. The van der Waals surface area contributed by atoms with Crippen LogP contribution in [-0.2, 0) is 0 Å². The zero-order valence-electron chi connectivity index (χ0n) is 13.2. The number of nitrogens with zero attached hydrogens (tertiary/aromatic N) is 2. The summed E-state index contributed by atoms with van der Waals surface area (Å²) in [6, 6.07) is 7.67. The van der Waals surface area contributed by atoms with E-state index in [2.05, 4.69) is 17.1 Å². The lowest BCUT2D eigenvalue weighted by molar-refractivity contribution is 0.0726. The second kappa shape index (κ2) is 6.97. The normalized spacial score (nSPS) is 21.5. The predicted octanol–water partition coefficient (Wildman–Crippen LogP) is 2.56. The number of amides is 1. The van der Waals surface area contributed by atoms with Crippen LogP contribution in [0.15, 0.2) is 36.4 Å². The minimum Gasteiger partial charge on any atom is -0.494 e. The van der Waals surface area contributed by atoms with Crippen molar-refractivity contribution in [1.82, 2.24) is 9.80 Å². The van der Waals surface area contributed by atoms with Gasteiger partial charge in [0.1, 0.15) is 5.75 Å². The van der Waals surface area contributed by atoms with Crippen LogP contribution in [0.3, 0.4) is 0 Å². The van der Waals surface area contributed by atoms with E-state index in [1.807, 2.05) is 36.1 Å². The van der Waals surface area contributed by atoms with Gasteiger partial charge in [-0.3, -0.25) is 4.79 Å². The SMILES string of the molecule is CCOc1ccc(C(=O)N2CC=C[C@H]2CN2CCCC2)cc1. The monoisotopic (exact) mass is 300 g/mol. The molecule has 118 valence electrons. The molecule has 2 aliphatic rings. The number of rotatable bonds is 5. The van der Waals surface area contributed by atoms with Gasteiger partial charge in [0.25, 0.3) is 5.91 Å². The molecule has 1 aromatic carbocycles. The van der Waals surface area contributed by atoms with Crippen molar-refractivity contribution >= 4 is 5.91 Å². The fraction of sp³-hybridized carbons (Fsp3) is 0.500. The highest BCUT2D eigenvalue weighted by Gasteiger charge is 2.28. The van der Waals surface area contributed by atoms with E-state index in [0.717, 1.165) is 30.9 Å². The van der Waals surface area contributed by atoms with Crippen molar-refractivity contribution in [2.24, 2.45) is 0 Å². The molecule has 1 saturated heterocycles. The molecule has 3 rings (SSSR count). The lowest BCUT2D eigenvalue weighted by Gasteiger charge is -2.28. The Kier molecular flexibility index (Phi) is 4.78. The van der Waals surface area contributed by atoms with Gasteiger partial charge < -0.3 is 14.5 Å². The van der Waals surface area contributed by atoms with Crippen LogP contribution in [0, 0.1) is 0 Å². The molecule has 4 nitrogen and oxygen atoms in total. The largest absolute Gasteiger partial charge is 0.494 e. The Morgan fingerprint density at radius 3 is 2.64 bits per heavy atom. The molecule has 2 heterocycles. The van der Waals surface area contributed by atoms with Gasteiger partial charge >= 0.3 is 0 Å². The molecule has 0 aliphatic carbocycles. The van der Waals surface area contributed by atoms with Gasteiger partial charge in [0.2, 0.25) is 0 Å². The summed E-state index contributed by atoms with van der Waals surface area (Å²) in [6.07, 6.45) is 6.84.